The third-order valence-electron chi connectivity index (χ3n) is 4.57. The second-order valence-corrected chi connectivity index (χ2v) is 7.28. The summed E-state index contributed by atoms with van der Waals surface area (Å²) in [4.78, 5) is 26.1. The number of aryl methyl sites for hydroxylation is 1. The van der Waals surface area contributed by atoms with Crippen molar-refractivity contribution in [2.45, 2.75) is 50.7 Å². The molecule has 120 valence electrons. The molecule has 4 heterocycles. The van der Waals surface area contributed by atoms with E-state index >= 15 is 0 Å². The molecule has 4 rings (SSSR count). The van der Waals surface area contributed by atoms with Gasteiger partial charge in [0.1, 0.15) is 4.88 Å². The number of nitrogens with one attached hydrogen (secondary N) is 2. The summed E-state index contributed by atoms with van der Waals surface area (Å²) >= 11 is 1.36. The normalized spacial score (nSPS) is 26.2. The monoisotopic (exact) mass is 329 g/mol. The Morgan fingerprint density at radius 1 is 1.26 bits per heavy atom. The topological polar surface area (TPSA) is 79.8 Å². The standard InChI is InChI=1S/C16H19N5OS/c1-9-13(23-16(19-9)14-17-5-2-6-18-14)15(22)21-12-7-10-3-4-11(8-12)20-10/h2,5-6,10-12,20H,3-4,7-8H2,1H3,(H,21,22). The van der Waals surface area contributed by atoms with Crippen LogP contribution in [0.15, 0.2) is 18.5 Å². The summed E-state index contributed by atoms with van der Waals surface area (Å²) < 4.78 is 0. The van der Waals surface area contributed by atoms with Gasteiger partial charge in [0, 0.05) is 30.5 Å². The Morgan fingerprint density at radius 2 is 1.96 bits per heavy atom. The third-order valence-corrected chi connectivity index (χ3v) is 5.72. The zero-order valence-corrected chi connectivity index (χ0v) is 13.8. The lowest BCUT2D eigenvalue weighted by molar-refractivity contribution is 0.0927. The molecule has 1 amide bonds. The number of hydrogen-bond acceptors (Lipinski definition) is 6. The van der Waals surface area contributed by atoms with Gasteiger partial charge in [0.05, 0.1) is 5.69 Å². The summed E-state index contributed by atoms with van der Waals surface area (Å²) in [5.41, 5.74) is 0.742. The first kappa shape index (κ1) is 14.7. The Bertz CT molecular complexity index is 705. The van der Waals surface area contributed by atoms with Crippen LogP contribution < -0.4 is 10.6 Å². The Hall–Kier alpha value is -1.86. The van der Waals surface area contributed by atoms with E-state index < -0.39 is 0 Å². The van der Waals surface area contributed by atoms with Crippen LogP contribution in [-0.4, -0.2) is 39.0 Å². The Kier molecular flexibility index (Phi) is 3.82. The molecule has 7 heteroatoms. The van der Waals surface area contributed by atoms with Crippen LogP contribution in [0.1, 0.15) is 41.0 Å². The number of nitrogens with zero attached hydrogens (tertiary/aromatic N) is 3. The molecule has 2 aromatic heterocycles. The fourth-order valence-electron chi connectivity index (χ4n) is 3.54. The van der Waals surface area contributed by atoms with Gasteiger partial charge >= 0.3 is 0 Å². The molecule has 2 N–H and O–H groups in total. The van der Waals surface area contributed by atoms with E-state index in [1.54, 1.807) is 18.5 Å². The second-order valence-electron chi connectivity index (χ2n) is 6.29. The summed E-state index contributed by atoms with van der Waals surface area (Å²) in [6.45, 7) is 1.87. The first-order valence-electron chi connectivity index (χ1n) is 8.01. The molecule has 2 unspecified atom stereocenters. The predicted molar refractivity (Wildman–Crippen MR) is 88.3 cm³/mol. The number of piperidine rings is 1. The van der Waals surface area contributed by atoms with Crippen molar-refractivity contribution in [1.82, 2.24) is 25.6 Å². The maximum Gasteiger partial charge on any atom is 0.263 e. The van der Waals surface area contributed by atoms with Gasteiger partial charge < -0.3 is 10.6 Å². The highest BCUT2D eigenvalue weighted by Crippen LogP contribution is 2.28. The van der Waals surface area contributed by atoms with E-state index in [1.165, 1.54) is 24.2 Å². The molecule has 2 aliphatic heterocycles. The molecule has 6 nitrogen and oxygen atoms in total. The van der Waals surface area contributed by atoms with Gasteiger partial charge in [0.2, 0.25) is 0 Å². The third kappa shape index (κ3) is 2.98. The van der Waals surface area contributed by atoms with Crippen LogP contribution in [0.5, 0.6) is 0 Å². The molecule has 2 aliphatic rings. The lowest BCUT2D eigenvalue weighted by Gasteiger charge is -2.29. The molecule has 0 aromatic carbocycles. The lowest BCUT2D eigenvalue weighted by atomic mass is 10.00. The van der Waals surface area contributed by atoms with Gasteiger partial charge in [-0.25, -0.2) is 15.0 Å². The van der Waals surface area contributed by atoms with E-state index in [2.05, 4.69) is 25.6 Å². The zero-order valence-electron chi connectivity index (χ0n) is 13.0. The van der Waals surface area contributed by atoms with Gasteiger partial charge in [-0.15, -0.1) is 11.3 Å². The highest BCUT2D eigenvalue weighted by Gasteiger charge is 2.34. The largest absolute Gasteiger partial charge is 0.348 e. The molecule has 0 aliphatic carbocycles. The molecule has 0 saturated carbocycles. The molecule has 0 radical (unpaired) electrons. The van der Waals surface area contributed by atoms with E-state index in [9.17, 15) is 4.79 Å². The van der Waals surface area contributed by atoms with Crippen LogP contribution in [0, 0.1) is 6.92 Å². The first-order valence-corrected chi connectivity index (χ1v) is 8.82. The Balaban J connectivity index is 1.49. The van der Waals surface area contributed by atoms with Crippen LogP contribution in [0.25, 0.3) is 10.8 Å². The first-order chi connectivity index (χ1) is 11.2. The number of carbonyl (C=O) groups is 1. The van der Waals surface area contributed by atoms with E-state index in [0.717, 1.165) is 18.5 Å². The lowest BCUT2D eigenvalue weighted by Crippen LogP contribution is -2.48. The van der Waals surface area contributed by atoms with Gasteiger partial charge in [0.15, 0.2) is 10.8 Å². The van der Waals surface area contributed by atoms with Crippen molar-refractivity contribution in [3.05, 3.63) is 29.0 Å². The summed E-state index contributed by atoms with van der Waals surface area (Å²) in [7, 11) is 0. The van der Waals surface area contributed by atoms with Gasteiger partial charge in [0.25, 0.3) is 5.91 Å². The van der Waals surface area contributed by atoms with E-state index in [-0.39, 0.29) is 11.9 Å². The summed E-state index contributed by atoms with van der Waals surface area (Å²) in [6, 6.07) is 3.16. The molecule has 0 spiro atoms. The Labute approximate surface area is 138 Å². The van der Waals surface area contributed by atoms with Crippen molar-refractivity contribution >= 4 is 17.2 Å². The van der Waals surface area contributed by atoms with E-state index in [0.29, 0.717) is 27.8 Å². The number of rotatable bonds is 3. The summed E-state index contributed by atoms with van der Waals surface area (Å²) in [6.07, 6.45) is 7.87. The van der Waals surface area contributed by atoms with Gasteiger partial charge in [-0.3, -0.25) is 4.79 Å². The minimum atomic E-state index is -0.0199. The van der Waals surface area contributed by atoms with Crippen LogP contribution in [0.2, 0.25) is 0 Å². The SMILES string of the molecule is Cc1nc(-c2ncccn2)sc1C(=O)NC1CC2CCC(C1)N2. The molecule has 2 saturated heterocycles. The highest BCUT2D eigenvalue weighted by molar-refractivity contribution is 7.17. The van der Waals surface area contributed by atoms with E-state index in [1.807, 2.05) is 6.92 Å². The minimum Gasteiger partial charge on any atom is -0.348 e. The average Bonchev–Trinajstić information content (AvgIpc) is 3.11. The quantitative estimate of drug-likeness (QED) is 0.899. The number of carbonyl (C=O) groups excluding carboxylic acids is 1. The van der Waals surface area contributed by atoms with Crippen molar-refractivity contribution in [3.8, 4) is 10.8 Å². The van der Waals surface area contributed by atoms with Crippen molar-refractivity contribution in [3.63, 3.8) is 0 Å². The Morgan fingerprint density at radius 3 is 2.65 bits per heavy atom. The molecule has 2 bridgehead atoms. The second kappa shape index (κ2) is 5.98. The van der Waals surface area contributed by atoms with Gasteiger partial charge in [-0.05, 0) is 38.7 Å². The van der Waals surface area contributed by atoms with Crippen molar-refractivity contribution in [2.24, 2.45) is 0 Å². The van der Waals surface area contributed by atoms with Crippen LogP contribution in [0.4, 0.5) is 0 Å². The molecular weight excluding hydrogens is 310 g/mol. The van der Waals surface area contributed by atoms with Crippen LogP contribution in [0.3, 0.4) is 0 Å². The molecule has 2 aromatic rings. The maximum absolute atomic E-state index is 12.6. The number of thiazole rings is 1. The van der Waals surface area contributed by atoms with Crippen molar-refractivity contribution in [1.29, 1.82) is 0 Å². The van der Waals surface area contributed by atoms with Crippen molar-refractivity contribution in [2.75, 3.05) is 0 Å². The van der Waals surface area contributed by atoms with Crippen LogP contribution >= 0.6 is 11.3 Å². The number of amides is 1. The summed E-state index contributed by atoms with van der Waals surface area (Å²) in [5.74, 6) is 0.549. The molecule has 2 fully saturated rings. The van der Waals surface area contributed by atoms with Crippen molar-refractivity contribution < 1.29 is 4.79 Å². The van der Waals surface area contributed by atoms with E-state index in [4.69, 9.17) is 0 Å². The predicted octanol–water partition coefficient (Wildman–Crippen LogP) is 1.92. The fraction of sp³-hybridized carbons (Fsp3) is 0.500. The maximum atomic E-state index is 12.6. The van der Waals surface area contributed by atoms with Crippen LogP contribution in [-0.2, 0) is 0 Å². The van der Waals surface area contributed by atoms with Gasteiger partial charge in [-0.1, -0.05) is 0 Å². The number of fused-ring (bicyclic) bond motifs is 2. The number of aromatic nitrogens is 3. The molecular formula is C16H19N5OS. The summed E-state index contributed by atoms with van der Waals surface area (Å²) in [5, 5.41) is 7.48. The highest BCUT2D eigenvalue weighted by atomic mass is 32.1. The minimum absolute atomic E-state index is 0.0199. The molecule has 2 atom stereocenters. The average molecular weight is 329 g/mol. The smallest absolute Gasteiger partial charge is 0.263 e. The number of hydrogen-bond donors (Lipinski definition) is 2. The molecule has 23 heavy (non-hydrogen) atoms. The fourth-order valence-corrected chi connectivity index (χ4v) is 4.46. The van der Waals surface area contributed by atoms with Gasteiger partial charge in [-0.2, -0.15) is 0 Å². The zero-order chi connectivity index (χ0) is 15.8.